The Balaban J connectivity index is 2.27. The Labute approximate surface area is 110 Å². The molecule has 2 aromatic carbocycles. The number of fused-ring (bicyclic) bond motifs is 1. The molecule has 2 N–H and O–H groups in total. The third kappa shape index (κ3) is 1.73. The highest BCUT2D eigenvalue weighted by Crippen LogP contribution is 2.26. The summed E-state index contributed by atoms with van der Waals surface area (Å²) < 4.78 is 2.03. The van der Waals surface area contributed by atoms with E-state index in [1.165, 1.54) is 0 Å². The van der Waals surface area contributed by atoms with Crippen LogP contribution in [0.3, 0.4) is 0 Å². The van der Waals surface area contributed by atoms with Gasteiger partial charge in [0.15, 0.2) is 0 Å². The van der Waals surface area contributed by atoms with Gasteiger partial charge in [-0.15, -0.1) is 0 Å². The number of anilines is 1. The average molecular weight is 258 g/mol. The van der Waals surface area contributed by atoms with Crippen LogP contribution >= 0.6 is 11.6 Å². The van der Waals surface area contributed by atoms with Crippen molar-refractivity contribution in [3.8, 4) is 11.4 Å². The van der Waals surface area contributed by atoms with Gasteiger partial charge in [-0.05, 0) is 30.3 Å². The SMILES string of the molecule is Cn1c(-c2cccc(Cl)c2)nc2ccc(N)cc21. The molecule has 3 rings (SSSR count). The first-order valence-electron chi connectivity index (χ1n) is 5.63. The number of hydrogen-bond acceptors (Lipinski definition) is 2. The summed E-state index contributed by atoms with van der Waals surface area (Å²) >= 11 is 6.01. The van der Waals surface area contributed by atoms with Crippen LogP contribution in [0.25, 0.3) is 22.4 Å². The summed E-state index contributed by atoms with van der Waals surface area (Å²) in [4.78, 5) is 4.61. The molecule has 18 heavy (non-hydrogen) atoms. The van der Waals surface area contributed by atoms with Crippen molar-refractivity contribution in [3.05, 3.63) is 47.5 Å². The molecule has 90 valence electrons. The highest BCUT2D eigenvalue weighted by Gasteiger charge is 2.10. The van der Waals surface area contributed by atoms with Crippen molar-refractivity contribution in [1.29, 1.82) is 0 Å². The average Bonchev–Trinajstić information content (AvgIpc) is 2.67. The largest absolute Gasteiger partial charge is 0.399 e. The molecule has 0 fully saturated rings. The summed E-state index contributed by atoms with van der Waals surface area (Å²) in [6.07, 6.45) is 0. The third-order valence-electron chi connectivity index (χ3n) is 2.99. The molecule has 0 aliphatic rings. The van der Waals surface area contributed by atoms with Crippen molar-refractivity contribution in [2.24, 2.45) is 7.05 Å². The number of halogens is 1. The molecule has 0 saturated heterocycles. The van der Waals surface area contributed by atoms with Gasteiger partial charge >= 0.3 is 0 Å². The summed E-state index contributed by atoms with van der Waals surface area (Å²) in [5.41, 5.74) is 9.49. The predicted molar refractivity (Wildman–Crippen MR) is 75.6 cm³/mol. The standard InChI is InChI=1S/C14H12ClN3/c1-18-13-8-11(16)5-6-12(13)17-14(18)9-3-2-4-10(15)7-9/h2-8H,16H2,1H3. The van der Waals surface area contributed by atoms with Gasteiger partial charge < -0.3 is 10.3 Å². The molecule has 0 bridgehead atoms. The fraction of sp³-hybridized carbons (Fsp3) is 0.0714. The van der Waals surface area contributed by atoms with E-state index >= 15 is 0 Å². The van der Waals surface area contributed by atoms with Crippen molar-refractivity contribution in [1.82, 2.24) is 9.55 Å². The second-order valence-electron chi connectivity index (χ2n) is 4.25. The second-order valence-corrected chi connectivity index (χ2v) is 4.69. The van der Waals surface area contributed by atoms with Crippen LogP contribution < -0.4 is 5.73 Å². The molecule has 0 amide bonds. The Kier molecular flexibility index (Phi) is 2.49. The van der Waals surface area contributed by atoms with Crippen LogP contribution in [0.2, 0.25) is 5.02 Å². The van der Waals surface area contributed by atoms with Gasteiger partial charge in [0.1, 0.15) is 5.82 Å². The van der Waals surface area contributed by atoms with Gasteiger partial charge in [0.05, 0.1) is 11.0 Å². The zero-order chi connectivity index (χ0) is 12.7. The van der Waals surface area contributed by atoms with E-state index in [2.05, 4.69) is 4.98 Å². The molecule has 0 aliphatic heterocycles. The normalized spacial score (nSPS) is 11.0. The van der Waals surface area contributed by atoms with Gasteiger partial charge in [-0.25, -0.2) is 4.98 Å². The predicted octanol–water partition coefficient (Wildman–Crippen LogP) is 3.48. The molecule has 3 nitrogen and oxygen atoms in total. The summed E-state index contributed by atoms with van der Waals surface area (Å²) in [6.45, 7) is 0. The summed E-state index contributed by atoms with van der Waals surface area (Å²) in [6, 6.07) is 13.4. The molecular formula is C14H12ClN3. The Bertz CT molecular complexity index is 731. The fourth-order valence-electron chi connectivity index (χ4n) is 2.09. The third-order valence-corrected chi connectivity index (χ3v) is 3.22. The molecule has 0 radical (unpaired) electrons. The Morgan fingerprint density at radius 2 is 2.00 bits per heavy atom. The lowest BCUT2D eigenvalue weighted by Gasteiger charge is -2.03. The number of nitrogens with zero attached hydrogens (tertiary/aromatic N) is 2. The first-order chi connectivity index (χ1) is 8.65. The Morgan fingerprint density at radius 1 is 1.17 bits per heavy atom. The van der Waals surface area contributed by atoms with E-state index in [9.17, 15) is 0 Å². The first kappa shape index (κ1) is 11.1. The highest BCUT2D eigenvalue weighted by atomic mass is 35.5. The van der Waals surface area contributed by atoms with E-state index < -0.39 is 0 Å². The minimum Gasteiger partial charge on any atom is -0.399 e. The number of aromatic nitrogens is 2. The van der Waals surface area contributed by atoms with Crippen LogP contribution in [0.1, 0.15) is 0 Å². The minimum atomic E-state index is 0.707. The fourth-order valence-corrected chi connectivity index (χ4v) is 2.28. The molecule has 1 heterocycles. The van der Waals surface area contributed by atoms with Crippen LogP contribution in [0.15, 0.2) is 42.5 Å². The van der Waals surface area contributed by atoms with E-state index in [0.717, 1.165) is 28.1 Å². The monoisotopic (exact) mass is 257 g/mol. The maximum atomic E-state index is 6.01. The number of nitrogen functional groups attached to an aromatic ring is 1. The maximum Gasteiger partial charge on any atom is 0.140 e. The lowest BCUT2D eigenvalue weighted by Crippen LogP contribution is -1.93. The van der Waals surface area contributed by atoms with E-state index in [1.807, 2.05) is 54.1 Å². The number of hydrogen-bond donors (Lipinski definition) is 1. The van der Waals surface area contributed by atoms with E-state index in [-0.39, 0.29) is 0 Å². The van der Waals surface area contributed by atoms with Crippen LogP contribution in [0.5, 0.6) is 0 Å². The Morgan fingerprint density at radius 3 is 2.78 bits per heavy atom. The maximum absolute atomic E-state index is 6.01. The highest BCUT2D eigenvalue weighted by molar-refractivity contribution is 6.30. The number of benzene rings is 2. The molecule has 0 aliphatic carbocycles. The van der Waals surface area contributed by atoms with Crippen LogP contribution in [-0.4, -0.2) is 9.55 Å². The topological polar surface area (TPSA) is 43.8 Å². The number of imidazole rings is 1. The number of nitrogens with two attached hydrogens (primary N) is 1. The van der Waals surface area contributed by atoms with Gasteiger partial charge in [-0.3, -0.25) is 0 Å². The lowest BCUT2D eigenvalue weighted by molar-refractivity contribution is 0.959. The molecule has 0 saturated carbocycles. The number of aryl methyl sites for hydroxylation is 1. The smallest absolute Gasteiger partial charge is 0.140 e. The molecule has 0 unspecified atom stereocenters. The van der Waals surface area contributed by atoms with Crippen molar-refractivity contribution in [2.75, 3.05) is 5.73 Å². The Hall–Kier alpha value is -2.00. The molecule has 1 aromatic heterocycles. The van der Waals surface area contributed by atoms with Gasteiger partial charge in [0.25, 0.3) is 0 Å². The summed E-state index contributed by atoms with van der Waals surface area (Å²) in [5.74, 6) is 0.887. The van der Waals surface area contributed by atoms with Crippen molar-refractivity contribution in [3.63, 3.8) is 0 Å². The molecule has 0 atom stereocenters. The molecule has 3 aromatic rings. The van der Waals surface area contributed by atoms with Gasteiger partial charge in [-0.1, -0.05) is 23.7 Å². The van der Waals surface area contributed by atoms with Crippen molar-refractivity contribution >= 4 is 28.3 Å². The van der Waals surface area contributed by atoms with E-state index in [1.54, 1.807) is 0 Å². The zero-order valence-corrected chi connectivity index (χ0v) is 10.6. The zero-order valence-electron chi connectivity index (χ0n) is 9.89. The van der Waals surface area contributed by atoms with Crippen molar-refractivity contribution < 1.29 is 0 Å². The van der Waals surface area contributed by atoms with Crippen LogP contribution in [0, 0.1) is 0 Å². The van der Waals surface area contributed by atoms with Crippen molar-refractivity contribution in [2.45, 2.75) is 0 Å². The van der Waals surface area contributed by atoms with Gasteiger partial charge in [0.2, 0.25) is 0 Å². The molecule has 0 spiro atoms. The van der Waals surface area contributed by atoms with Crippen LogP contribution in [-0.2, 0) is 7.05 Å². The number of rotatable bonds is 1. The minimum absolute atomic E-state index is 0.707. The quantitative estimate of drug-likeness (QED) is 0.679. The van der Waals surface area contributed by atoms with E-state index in [4.69, 9.17) is 17.3 Å². The molecular weight excluding hydrogens is 246 g/mol. The van der Waals surface area contributed by atoms with Crippen LogP contribution in [0.4, 0.5) is 5.69 Å². The molecule has 4 heteroatoms. The lowest BCUT2D eigenvalue weighted by atomic mass is 10.2. The summed E-state index contributed by atoms with van der Waals surface area (Å²) in [5, 5.41) is 0.707. The van der Waals surface area contributed by atoms with Gasteiger partial charge in [0, 0.05) is 23.3 Å². The second kappa shape index (κ2) is 4.03. The summed E-state index contributed by atoms with van der Waals surface area (Å²) in [7, 11) is 1.98. The van der Waals surface area contributed by atoms with E-state index in [0.29, 0.717) is 5.02 Å². The first-order valence-corrected chi connectivity index (χ1v) is 6.01. The van der Waals surface area contributed by atoms with Gasteiger partial charge in [-0.2, -0.15) is 0 Å².